The van der Waals surface area contributed by atoms with Gasteiger partial charge in [0.1, 0.15) is 5.82 Å². The van der Waals surface area contributed by atoms with Crippen LogP contribution in [-0.2, 0) is 0 Å². The molecule has 2 rings (SSSR count). The Morgan fingerprint density at radius 1 is 1.28 bits per heavy atom. The van der Waals surface area contributed by atoms with Gasteiger partial charge in [0, 0.05) is 29.8 Å². The number of halogens is 1. The summed E-state index contributed by atoms with van der Waals surface area (Å²) in [6, 6.07) is 7.29. The van der Waals surface area contributed by atoms with Crippen molar-refractivity contribution in [2.45, 2.75) is 30.2 Å². The first kappa shape index (κ1) is 13.8. The Hall–Kier alpha value is -0.580. The number of nitrogens with two attached hydrogens (primary N) is 1. The van der Waals surface area contributed by atoms with Gasteiger partial charge in [-0.3, -0.25) is 4.90 Å². The van der Waals surface area contributed by atoms with Crippen LogP contribution in [0, 0.1) is 5.82 Å². The van der Waals surface area contributed by atoms with Crippen LogP contribution in [0.25, 0.3) is 0 Å². The van der Waals surface area contributed by atoms with E-state index in [4.69, 9.17) is 5.73 Å². The fourth-order valence-electron chi connectivity index (χ4n) is 2.43. The normalized spacial score (nSPS) is 21.1. The van der Waals surface area contributed by atoms with Gasteiger partial charge in [-0.05, 0) is 43.7 Å². The van der Waals surface area contributed by atoms with Crippen molar-refractivity contribution in [2.24, 2.45) is 5.73 Å². The highest BCUT2D eigenvalue weighted by atomic mass is 32.2. The Bertz CT molecular complexity index is 355. The number of piperidine rings is 1. The lowest BCUT2D eigenvalue weighted by Crippen LogP contribution is -2.44. The second kappa shape index (κ2) is 7.12. The molecule has 1 saturated heterocycles. The van der Waals surface area contributed by atoms with Gasteiger partial charge < -0.3 is 5.73 Å². The Labute approximate surface area is 113 Å². The van der Waals surface area contributed by atoms with Gasteiger partial charge in [0.15, 0.2) is 0 Å². The van der Waals surface area contributed by atoms with Crippen LogP contribution in [0.2, 0.25) is 0 Å². The maximum absolute atomic E-state index is 12.8. The highest BCUT2D eigenvalue weighted by molar-refractivity contribution is 7.99. The zero-order valence-corrected chi connectivity index (χ0v) is 11.5. The van der Waals surface area contributed by atoms with Crippen molar-refractivity contribution < 1.29 is 4.39 Å². The standard InChI is InChI=1S/C14H21FN2S/c15-12-4-6-14(7-5-12)18-10-9-17-8-2-1-3-13(17)11-16/h4-7,13H,1-3,8-11,16H2. The van der Waals surface area contributed by atoms with Crippen LogP contribution < -0.4 is 5.73 Å². The van der Waals surface area contributed by atoms with Gasteiger partial charge in [-0.25, -0.2) is 4.39 Å². The Kier molecular flexibility index (Phi) is 5.47. The molecule has 0 bridgehead atoms. The molecule has 1 atom stereocenters. The summed E-state index contributed by atoms with van der Waals surface area (Å²) in [6.07, 6.45) is 3.83. The third-order valence-corrected chi connectivity index (χ3v) is 4.47. The molecule has 1 aliphatic rings. The van der Waals surface area contributed by atoms with Gasteiger partial charge >= 0.3 is 0 Å². The van der Waals surface area contributed by atoms with E-state index in [1.807, 2.05) is 12.1 Å². The minimum atomic E-state index is -0.168. The van der Waals surface area contributed by atoms with Crippen LogP contribution >= 0.6 is 11.8 Å². The molecule has 2 N–H and O–H groups in total. The zero-order valence-electron chi connectivity index (χ0n) is 10.6. The second-order valence-corrected chi connectivity index (χ2v) is 5.89. The van der Waals surface area contributed by atoms with E-state index >= 15 is 0 Å². The van der Waals surface area contributed by atoms with E-state index in [0.29, 0.717) is 6.04 Å². The van der Waals surface area contributed by atoms with Gasteiger partial charge in [0.05, 0.1) is 0 Å². The van der Waals surface area contributed by atoms with Crippen molar-refractivity contribution in [3.8, 4) is 0 Å². The van der Waals surface area contributed by atoms with E-state index in [0.717, 1.165) is 23.7 Å². The molecule has 1 fully saturated rings. The second-order valence-electron chi connectivity index (χ2n) is 4.72. The molecule has 18 heavy (non-hydrogen) atoms. The van der Waals surface area contributed by atoms with Gasteiger partial charge in [0.2, 0.25) is 0 Å². The SMILES string of the molecule is NCC1CCCCN1CCSc1ccc(F)cc1. The number of rotatable bonds is 5. The van der Waals surface area contributed by atoms with Gasteiger partial charge in [-0.15, -0.1) is 11.8 Å². The lowest BCUT2D eigenvalue weighted by Gasteiger charge is -2.34. The van der Waals surface area contributed by atoms with E-state index < -0.39 is 0 Å². The summed E-state index contributed by atoms with van der Waals surface area (Å²) in [5.74, 6) is 0.876. The predicted octanol–water partition coefficient (Wildman–Crippen LogP) is 2.73. The molecule has 1 aromatic carbocycles. The minimum Gasteiger partial charge on any atom is -0.329 e. The summed E-state index contributed by atoms with van der Waals surface area (Å²) >= 11 is 1.79. The molecule has 0 saturated carbocycles. The number of hydrogen-bond acceptors (Lipinski definition) is 3. The van der Waals surface area contributed by atoms with Crippen LogP contribution in [0.3, 0.4) is 0 Å². The minimum absolute atomic E-state index is 0.168. The number of nitrogens with zero attached hydrogens (tertiary/aromatic N) is 1. The average molecular weight is 268 g/mol. The number of benzene rings is 1. The molecule has 1 aromatic rings. The molecule has 0 spiro atoms. The fourth-order valence-corrected chi connectivity index (χ4v) is 3.32. The number of thioether (sulfide) groups is 1. The van der Waals surface area contributed by atoms with E-state index in [2.05, 4.69) is 4.90 Å². The summed E-state index contributed by atoms with van der Waals surface area (Å²) in [6.45, 7) is 3.01. The molecule has 1 unspecified atom stereocenters. The molecule has 1 heterocycles. The van der Waals surface area contributed by atoms with Gasteiger partial charge in [-0.2, -0.15) is 0 Å². The lowest BCUT2D eigenvalue weighted by atomic mass is 10.0. The van der Waals surface area contributed by atoms with E-state index in [1.54, 1.807) is 11.8 Å². The van der Waals surface area contributed by atoms with Crippen molar-refractivity contribution in [3.63, 3.8) is 0 Å². The molecule has 1 aliphatic heterocycles. The summed E-state index contributed by atoms with van der Waals surface area (Å²) in [7, 11) is 0. The van der Waals surface area contributed by atoms with Crippen LogP contribution in [0.4, 0.5) is 4.39 Å². The summed E-state index contributed by atoms with van der Waals surface area (Å²) in [5.41, 5.74) is 5.80. The van der Waals surface area contributed by atoms with E-state index in [-0.39, 0.29) is 5.82 Å². The first-order valence-electron chi connectivity index (χ1n) is 6.62. The molecule has 2 nitrogen and oxygen atoms in total. The van der Waals surface area contributed by atoms with Gasteiger partial charge in [0.25, 0.3) is 0 Å². The fraction of sp³-hybridized carbons (Fsp3) is 0.571. The van der Waals surface area contributed by atoms with E-state index in [1.165, 1.54) is 37.9 Å². The Morgan fingerprint density at radius 2 is 2.06 bits per heavy atom. The van der Waals surface area contributed by atoms with Crippen molar-refractivity contribution in [2.75, 3.05) is 25.4 Å². The number of likely N-dealkylation sites (tertiary alicyclic amines) is 1. The van der Waals surface area contributed by atoms with Crippen molar-refractivity contribution >= 4 is 11.8 Å². The third-order valence-electron chi connectivity index (χ3n) is 3.48. The summed E-state index contributed by atoms with van der Waals surface area (Å²) < 4.78 is 12.8. The molecule has 0 aliphatic carbocycles. The zero-order chi connectivity index (χ0) is 12.8. The smallest absolute Gasteiger partial charge is 0.123 e. The molecule has 0 aromatic heterocycles. The van der Waals surface area contributed by atoms with Crippen molar-refractivity contribution in [3.05, 3.63) is 30.1 Å². The largest absolute Gasteiger partial charge is 0.329 e. The Morgan fingerprint density at radius 3 is 2.78 bits per heavy atom. The van der Waals surface area contributed by atoms with Crippen molar-refractivity contribution in [1.29, 1.82) is 0 Å². The maximum atomic E-state index is 12.8. The first-order chi connectivity index (χ1) is 8.79. The van der Waals surface area contributed by atoms with Crippen LogP contribution in [0.15, 0.2) is 29.2 Å². The van der Waals surface area contributed by atoms with Gasteiger partial charge in [-0.1, -0.05) is 6.42 Å². The lowest BCUT2D eigenvalue weighted by molar-refractivity contribution is 0.163. The molecular formula is C14H21FN2S. The summed E-state index contributed by atoms with van der Waals surface area (Å²) in [5, 5.41) is 0. The molecule has 0 radical (unpaired) electrons. The van der Waals surface area contributed by atoms with Crippen LogP contribution in [-0.4, -0.2) is 36.3 Å². The monoisotopic (exact) mass is 268 g/mol. The number of hydrogen-bond donors (Lipinski definition) is 1. The highest BCUT2D eigenvalue weighted by Gasteiger charge is 2.20. The first-order valence-corrected chi connectivity index (χ1v) is 7.60. The van der Waals surface area contributed by atoms with Crippen LogP contribution in [0.5, 0.6) is 0 Å². The molecule has 0 amide bonds. The molecule has 100 valence electrons. The highest BCUT2D eigenvalue weighted by Crippen LogP contribution is 2.20. The van der Waals surface area contributed by atoms with E-state index in [9.17, 15) is 4.39 Å². The topological polar surface area (TPSA) is 29.3 Å². The quantitative estimate of drug-likeness (QED) is 0.833. The summed E-state index contributed by atoms with van der Waals surface area (Å²) in [4.78, 5) is 3.64. The Balaban J connectivity index is 1.75. The predicted molar refractivity (Wildman–Crippen MR) is 75.4 cm³/mol. The van der Waals surface area contributed by atoms with Crippen LogP contribution in [0.1, 0.15) is 19.3 Å². The van der Waals surface area contributed by atoms with Crippen molar-refractivity contribution in [1.82, 2.24) is 4.90 Å². The molecular weight excluding hydrogens is 247 g/mol. The average Bonchev–Trinajstić information content (AvgIpc) is 2.41. The third kappa shape index (κ3) is 3.97. The molecule has 4 heteroatoms. The maximum Gasteiger partial charge on any atom is 0.123 e.